The van der Waals surface area contributed by atoms with Crippen molar-refractivity contribution >= 4 is 23.3 Å². The monoisotopic (exact) mass is 389 g/mol. The molecule has 0 saturated carbocycles. The van der Waals surface area contributed by atoms with Crippen LogP contribution in [0.1, 0.15) is 16.7 Å². The van der Waals surface area contributed by atoms with Gasteiger partial charge in [-0.2, -0.15) is 0 Å². The Bertz CT molecular complexity index is 1040. The van der Waals surface area contributed by atoms with E-state index in [0.717, 1.165) is 5.56 Å². The fraction of sp³-hybridized carbons (Fsp3) is 0.0870. The molecule has 0 heterocycles. The zero-order valence-corrected chi connectivity index (χ0v) is 15.8. The summed E-state index contributed by atoms with van der Waals surface area (Å²) in [5.41, 5.74) is 2.37. The molecule has 146 valence electrons. The van der Waals surface area contributed by atoms with Gasteiger partial charge in [0.15, 0.2) is 0 Å². The van der Waals surface area contributed by atoms with Gasteiger partial charge in [0, 0.05) is 12.1 Å². The summed E-state index contributed by atoms with van der Waals surface area (Å²) in [6.07, 6.45) is 1.73. The van der Waals surface area contributed by atoms with Crippen molar-refractivity contribution in [2.24, 2.45) is 0 Å². The molecule has 29 heavy (non-hydrogen) atoms. The first-order valence-electron chi connectivity index (χ1n) is 8.88. The molecule has 0 aromatic heterocycles. The van der Waals surface area contributed by atoms with Gasteiger partial charge in [0.2, 0.25) is 0 Å². The minimum atomic E-state index is -0.523. The van der Waals surface area contributed by atoms with Crippen LogP contribution in [0.3, 0.4) is 0 Å². The van der Waals surface area contributed by atoms with Crippen LogP contribution in [0.15, 0.2) is 78.9 Å². The van der Waals surface area contributed by atoms with E-state index in [9.17, 15) is 14.9 Å². The number of nitrogens with zero attached hydrogens (tertiary/aromatic N) is 1. The number of carbonyl (C=O) groups is 1. The van der Waals surface area contributed by atoms with Gasteiger partial charge in [-0.15, -0.1) is 0 Å². The number of rotatable bonds is 7. The lowest BCUT2D eigenvalue weighted by Gasteiger charge is -2.10. The summed E-state index contributed by atoms with van der Waals surface area (Å²) < 4.78 is 10.7. The number of hydrogen-bond donors (Lipinski definition) is 0. The van der Waals surface area contributed by atoms with Crippen LogP contribution in [0.25, 0.3) is 11.6 Å². The first kappa shape index (κ1) is 19.8. The van der Waals surface area contributed by atoms with E-state index >= 15 is 0 Å². The number of nitro groups is 1. The van der Waals surface area contributed by atoms with Crippen LogP contribution in [0.4, 0.5) is 5.69 Å². The van der Waals surface area contributed by atoms with E-state index in [4.69, 9.17) is 9.47 Å². The third kappa shape index (κ3) is 5.29. The van der Waals surface area contributed by atoms with Crippen LogP contribution in [-0.4, -0.2) is 18.0 Å². The minimum absolute atomic E-state index is 0.0474. The second-order valence-corrected chi connectivity index (χ2v) is 6.20. The van der Waals surface area contributed by atoms with E-state index in [1.807, 2.05) is 54.6 Å². The second kappa shape index (κ2) is 9.32. The molecule has 0 aliphatic heterocycles. The highest BCUT2D eigenvalue weighted by atomic mass is 16.6. The molecule has 0 radical (unpaired) electrons. The summed E-state index contributed by atoms with van der Waals surface area (Å²) >= 11 is 0. The molecule has 6 nitrogen and oxygen atoms in total. The van der Waals surface area contributed by atoms with Crippen LogP contribution in [0.2, 0.25) is 0 Å². The normalized spacial score (nSPS) is 11.0. The zero-order valence-electron chi connectivity index (χ0n) is 15.8. The Morgan fingerprint density at radius 3 is 2.48 bits per heavy atom. The average Bonchev–Trinajstić information content (AvgIpc) is 2.76. The molecule has 3 aromatic carbocycles. The smallest absolute Gasteiger partial charge is 0.339 e. The van der Waals surface area contributed by atoms with Crippen molar-refractivity contribution in [2.75, 3.05) is 7.11 Å². The van der Waals surface area contributed by atoms with Crippen molar-refractivity contribution in [3.05, 3.63) is 106 Å². The lowest BCUT2D eigenvalue weighted by atomic mass is 10.0. The summed E-state index contributed by atoms with van der Waals surface area (Å²) in [5.74, 6) is 0.154. The van der Waals surface area contributed by atoms with E-state index in [1.165, 1.54) is 12.1 Å². The van der Waals surface area contributed by atoms with Crippen molar-refractivity contribution in [3.63, 3.8) is 0 Å². The largest absolute Gasteiger partial charge is 0.497 e. The van der Waals surface area contributed by atoms with Gasteiger partial charge >= 0.3 is 5.97 Å². The third-order valence-electron chi connectivity index (χ3n) is 4.20. The molecule has 0 bridgehead atoms. The maximum atomic E-state index is 12.8. The SMILES string of the molecule is COc1cccc(C=C(C(=O)OCc2cccc([N+](=O)[O-])c2)c2ccccc2)c1. The molecule has 0 fully saturated rings. The predicted molar refractivity (Wildman–Crippen MR) is 110 cm³/mol. The van der Waals surface area contributed by atoms with Crippen LogP contribution >= 0.6 is 0 Å². The molecule has 0 saturated heterocycles. The van der Waals surface area contributed by atoms with Gasteiger partial charge in [-0.3, -0.25) is 10.1 Å². The third-order valence-corrected chi connectivity index (χ3v) is 4.20. The Kier molecular flexibility index (Phi) is 6.37. The zero-order chi connectivity index (χ0) is 20.6. The highest BCUT2D eigenvalue weighted by Gasteiger charge is 2.15. The van der Waals surface area contributed by atoms with E-state index in [1.54, 1.807) is 25.3 Å². The first-order chi connectivity index (χ1) is 14.1. The molecular weight excluding hydrogens is 370 g/mol. The maximum Gasteiger partial charge on any atom is 0.339 e. The first-order valence-corrected chi connectivity index (χ1v) is 8.88. The molecule has 0 aliphatic rings. The minimum Gasteiger partial charge on any atom is -0.497 e. The summed E-state index contributed by atoms with van der Waals surface area (Å²) in [6, 6.07) is 22.5. The summed E-state index contributed by atoms with van der Waals surface area (Å²) in [7, 11) is 1.58. The molecule has 0 spiro atoms. The second-order valence-electron chi connectivity index (χ2n) is 6.20. The molecule has 3 aromatic rings. The molecule has 3 rings (SSSR count). The molecule has 0 aliphatic carbocycles. The lowest BCUT2D eigenvalue weighted by molar-refractivity contribution is -0.384. The Morgan fingerprint density at radius 1 is 1.00 bits per heavy atom. The number of esters is 1. The number of nitro benzene ring substituents is 1. The standard InChI is InChI=1S/C23H19NO5/c1-28-21-12-6-7-17(14-21)15-22(19-9-3-2-4-10-19)23(25)29-16-18-8-5-11-20(13-18)24(26)27/h2-15H,16H2,1H3. The number of non-ortho nitro benzene ring substituents is 1. The molecule has 6 heteroatoms. The topological polar surface area (TPSA) is 78.7 Å². The van der Waals surface area contributed by atoms with E-state index in [0.29, 0.717) is 22.4 Å². The summed E-state index contributed by atoms with van der Waals surface area (Å²) in [4.78, 5) is 23.3. The predicted octanol–water partition coefficient (Wildman–Crippen LogP) is 4.89. The highest BCUT2D eigenvalue weighted by Crippen LogP contribution is 2.23. The number of hydrogen-bond acceptors (Lipinski definition) is 5. The Balaban J connectivity index is 1.86. The fourth-order valence-electron chi connectivity index (χ4n) is 2.76. The fourth-order valence-corrected chi connectivity index (χ4v) is 2.76. The van der Waals surface area contributed by atoms with Crippen LogP contribution in [-0.2, 0) is 16.1 Å². The quantitative estimate of drug-likeness (QED) is 0.189. The van der Waals surface area contributed by atoms with Gasteiger partial charge in [0.25, 0.3) is 5.69 Å². The van der Waals surface area contributed by atoms with Gasteiger partial charge < -0.3 is 9.47 Å². The number of carbonyl (C=O) groups excluding carboxylic acids is 1. The molecule has 0 N–H and O–H groups in total. The number of ether oxygens (including phenoxy) is 2. The van der Waals surface area contributed by atoms with E-state index < -0.39 is 10.9 Å². The molecular formula is C23H19NO5. The molecule has 0 atom stereocenters. The van der Waals surface area contributed by atoms with Crippen LogP contribution in [0.5, 0.6) is 5.75 Å². The molecule has 0 amide bonds. The van der Waals surface area contributed by atoms with E-state index in [-0.39, 0.29) is 12.3 Å². The maximum absolute atomic E-state index is 12.8. The van der Waals surface area contributed by atoms with Gasteiger partial charge in [-0.1, -0.05) is 54.6 Å². The van der Waals surface area contributed by atoms with Crippen molar-refractivity contribution in [1.82, 2.24) is 0 Å². The Morgan fingerprint density at radius 2 is 1.76 bits per heavy atom. The Hall–Kier alpha value is -3.93. The number of methoxy groups -OCH3 is 1. The van der Waals surface area contributed by atoms with Crippen molar-refractivity contribution in [1.29, 1.82) is 0 Å². The van der Waals surface area contributed by atoms with Crippen molar-refractivity contribution < 1.29 is 19.2 Å². The van der Waals surface area contributed by atoms with E-state index in [2.05, 4.69) is 0 Å². The summed E-state index contributed by atoms with van der Waals surface area (Å²) in [6.45, 7) is -0.0667. The van der Waals surface area contributed by atoms with Gasteiger partial charge in [0.1, 0.15) is 12.4 Å². The van der Waals surface area contributed by atoms with Gasteiger partial charge in [0.05, 0.1) is 17.6 Å². The highest BCUT2D eigenvalue weighted by molar-refractivity contribution is 6.21. The molecule has 0 unspecified atom stereocenters. The van der Waals surface area contributed by atoms with Crippen molar-refractivity contribution in [2.45, 2.75) is 6.61 Å². The van der Waals surface area contributed by atoms with Crippen LogP contribution < -0.4 is 4.74 Å². The lowest BCUT2D eigenvalue weighted by Crippen LogP contribution is -2.07. The number of benzene rings is 3. The van der Waals surface area contributed by atoms with Gasteiger partial charge in [-0.05, 0) is 34.9 Å². The van der Waals surface area contributed by atoms with Gasteiger partial charge in [-0.25, -0.2) is 4.79 Å². The van der Waals surface area contributed by atoms with Crippen molar-refractivity contribution in [3.8, 4) is 5.75 Å². The van der Waals surface area contributed by atoms with Crippen LogP contribution in [0, 0.1) is 10.1 Å². The average molecular weight is 389 g/mol. The Labute approximate surface area is 168 Å². The summed E-state index contributed by atoms with van der Waals surface area (Å²) in [5, 5.41) is 10.9.